The van der Waals surface area contributed by atoms with E-state index in [0.717, 1.165) is 16.8 Å². The van der Waals surface area contributed by atoms with Crippen molar-refractivity contribution < 1.29 is 5.11 Å². The second-order valence-electron chi connectivity index (χ2n) is 5.66. The highest BCUT2D eigenvalue weighted by atomic mass is 16.3. The van der Waals surface area contributed by atoms with Crippen molar-refractivity contribution in [1.82, 2.24) is 0 Å². The summed E-state index contributed by atoms with van der Waals surface area (Å²) in [4.78, 5) is 4.39. The fourth-order valence-corrected chi connectivity index (χ4v) is 2.45. The number of benzene rings is 3. The number of hydrogen-bond donors (Lipinski definition) is 2. The summed E-state index contributed by atoms with van der Waals surface area (Å²) in [6, 6.07) is 23.6. The number of hydrogen-bond acceptors (Lipinski definition) is 3. The Bertz CT molecular complexity index is 827. The Kier molecular flexibility index (Phi) is 4.92. The lowest BCUT2D eigenvalue weighted by Gasteiger charge is -2.11. The highest BCUT2D eigenvalue weighted by molar-refractivity contribution is 5.83. The van der Waals surface area contributed by atoms with Crippen molar-refractivity contribution >= 4 is 17.6 Å². The molecule has 120 valence electrons. The third-order valence-electron chi connectivity index (χ3n) is 3.80. The minimum atomic E-state index is 0.170. The molecule has 3 heteroatoms. The molecule has 0 spiro atoms. The van der Waals surface area contributed by atoms with Crippen molar-refractivity contribution in [3.8, 4) is 5.75 Å². The van der Waals surface area contributed by atoms with Crippen molar-refractivity contribution in [1.29, 1.82) is 0 Å². The molecule has 0 amide bonds. The molecule has 0 unspecified atom stereocenters. The van der Waals surface area contributed by atoms with Crippen molar-refractivity contribution in [2.75, 3.05) is 5.32 Å². The molecule has 0 aromatic heterocycles. The molecular weight excluding hydrogens is 296 g/mol. The van der Waals surface area contributed by atoms with Gasteiger partial charge in [-0.25, -0.2) is 0 Å². The SMILES string of the molecule is Cc1cc(/N=C/c2ccccc2)c(O)cc1NCc1ccccc1. The van der Waals surface area contributed by atoms with Gasteiger partial charge in [-0.15, -0.1) is 0 Å². The van der Waals surface area contributed by atoms with Gasteiger partial charge in [0.05, 0.1) is 0 Å². The molecule has 0 fully saturated rings. The Labute approximate surface area is 142 Å². The maximum absolute atomic E-state index is 10.2. The molecular formula is C21H20N2O. The van der Waals surface area contributed by atoms with E-state index in [1.54, 1.807) is 12.3 Å². The molecule has 0 radical (unpaired) electrons. The predicted molar refractivity (Wildman–Crippen MR) is 100 cm³/mol. The molecule has 0 saturated heterocycles. The van der Waals surface area contributed by atoms with Crippen molar-refractivity contribution in [2.45, 2.75) is 13.5 Å². The molecule has 3 nitrogen and oxygen atoms in total. The Hall–Kier alpha value is -3.07. The van der Waals surface area contributed by atoms with Crippen LogP contribution in [0.5, 0.6) is 5.75 Å². The first-order chi connectivity index (χ1) is 11.7. The summed E-state index contributed by atoms with van der Waals surface area (Å²) in [5.74, 6) is 0.170. The Morgan fingerprint density at radius 1 is 0.958 bits per heavy atom. The van der Waals surface area contributed by atoms with Gasteiger partial charge in [0.15, 0.2) is 0 Å². The number of aryl methyl sites for hydroxylation is 1. The number of anilines is 1. The molecule has 0 heterocycles. The average Bonchev–Trinajstić information content (AvgIpc) is 2.62. The van der Waals surface area contributed by atoms with Gasteiger partial charge in [0.25, 0.3) is 0 Å². The average molecular weight is 316 g/mol. The number of aromatic hydroxyl groups is 1. The van der Waals surface area contributed by atoms with Gasteiger partial charge in [-0.2, -0.15) is 0 Å². The number of nitrogens with zero attached hydrogens (tertiary/aromatic N) is 1. The van der Waals surface area contributed by atoms with Gasteiger partial charge >= 0.3 is 0 Å². The van der Waals surface area contributed by atoms with Crippen molar-refractivity contribution in [3.63, 3.8) is 0 Å². The lowest BCUT2D eigenvalue weighted by atomic mass is 10.1. The van der Waals surface area contributed by atoms with Crippen LogP contribution in [0.25, 0.3) is 0 Å². The second-order valence-corrected chi connectivity index (χ2v) is 5.66. The van der Waals surface area contributed by atoms with E-state index in [4.69, 9.17) is 0 Å². The summed E-state index contributed by atoms with van der Waals surface area (Å²) in [6.45, 7) is 2.72. The summed E-state index contributed by atoms with van der Waals surface area (Å²) in [7, 11) is 0. The van der Waals surface area contributed by atoms with E-state index >= 15 is 0 Å². The van der Waals surface area contributed by atoms with Gasteiger partial charge in [0.2, 0.25) is 0 Å². The molecule has 3 aromatic rings. The highest BCUT2D eigenvalue weighted by Crippen LogP contribution is 2.32. The van der Waals surface area contributed by atoms with Gasteiger partial charge in [-0.05, 0) is 29.7 Å². The largest absolute Gasteiger partial charge is 0.506 e. The molecule has 0 atom stereocenters. The fourth-order valence-electron chi connectivity index (χ4n) is 2.45. The van der Waals surface area contributed by atoms with Gasteiger partial charge in [0, 0.05) is 24.5 Å². The highest BCUT2D eigenvalue weighted by Gasteiger charge is 2.05. The maximum Gasteiger partial charge on any atom is 0.143 e. The second kappa shape index (κ2) is 7.47. The molecule has 3 aromatic carbocycles. The first-order valence-corrected chi connectivity index (χ1v) is 7.93. The van der Waals surface area contributed by atoms with Crippen LogP contribution in [-0.4, -0.2) is 11.3 Å². The number of phenolic OH excluding ortho intramolecular Hbond substituents is 1. The summed E-state index contributed by atoms with van der Waals surface area (Å²) < 4.78 is 0. The van der Waals surface area contributed by atoms with Gasteiger partial charge in [0.1, 0.15) is 11.4 Å². The van der Waals surface area contributed by atoms with Crippen LogP contribution >= 0.6 is 0 Å². The van der Waals surface area contributed by atoms with Crippen LogP contribution in [0, 0.1) is 6.92 Å². The number of aliphatic imine (C=N–C) groups is 1. The Morgan fingerprint density at radius 2 is 1.62 bits per heavy atom. The van der Waals surface area contributed by atoms with E-state index in [-0.39, 0.29) is 5.75 Å². The third-order valence-corrected chi connectivity index (χ3v) is 3.80. The van der Waals surface area contributed by atoms with Gasteiger partial charge in [-0.1, -0.05) is 60.7 Å². The summed E-state index contributed by atoms with van der Waals surface area (Å²) in [6.07, 6.45) is 1.76. The lowest BCUT2D eigenvalue weighted by molar-refractivity contribution is 0.477. The quantitative estimate of drug-likeness (QED) is 0.646. The van der Waals surface area contributed by atoms with Crippen molar-refractivity contribution in [2.24, 2.45) is 4.99 Å². The molecule has 0 aliphatic carbocycles. The topological polar surface area (TPSA) is 44.6 Å². The zero-order chi connectivity index (χ0) is 16.8. The zero-order valence-corrected chi connectivity index (χ0v) is 13.6. The predicted octanol–water partition coefficient (Wildman–Crippen LogP) is 5.06. The van der Waals surface area contributed by atoms with Crippen LogP contribution in [0.4, 0.5) is 11.4 Å². The zero-order valence-electron chi connectivity index (χ0n) is 13.6. The normalized spacial score (nSPS) is 10.9. The van der Waals surface area contributed by atoms with Crippen LogP contribution < -0.4 is 5.32 Å². The van der Waals surface area contributed by atoms with Crippen molar-refractivity contribution in [3.05, 3.63) is 89.5 Å². The minimum absolute atomic E-state index is 0.170. The fraction of sp³-hybridized carbons (Fsp3) is 0.0952. The third kappa shape index (κ3) is 4.02. The van der Waals surface area contributed by atoms with E-state index in [1.807, 2.05) is 61.5 Å². The van der Waals surface area contributed by atoms with Crippen LogP contribution in [0.1, 0.15) is 16.7 Å². The van der Waals surface area contributed by atoms with Crippen LogP contribution in [0.15, 0.2) is 77.8 Å². The lowest BCUT2D eigenvalue weighted by Crippen LogP contribution is -2.00. The molecule has 0 aliphatic heterocycles. The van der Waals surface area contributed by atoms with Crippen LogP contribution in [-0.2, 0) is 6.54 Å². The Morgan fingerprint density at radius 3 is 2.33 bits per heavy atom. The molecule has 3 rings (SSSR count). The van der Waals surface area contributed by atoms with Crippen LogP contribution in [0.3, 0.4) is 0 Å². The monoisotopic (exact) mass is 316 g/mol. The first-order valence-electron chi connectivity index (χ1n) is 7.93. The molecule has 2 N–H and O–H groups in total. The van der Waals surface area contributed by atoms with Crippen LogP contribution in [0.2, 0.25) is 0 Å². The van der Waals surface area contributed by atoms with E-state index in [2.05, 4.69) is 22.4 Å². The smallest absolute Gasteiger partial charge is 0.143 e. The standard InChI is InChI=1S/C21H20N2O/c1-16-12-20(23-15-18-10-6-3-7-11-18)21(24)13-19(16)22-14-17-8-4-2-5-9-17/h2-13,15,22,24H,14H2,1H3/b23-15+. The van der Waals surface area contributed by atoms with E-state index in [1.165, 1.54) is 5.56 Å². The number of rotatable bonds is 5. The van der Waals surface area contributed by atoms with E-state index in [9.17, 15) is 5.11 Å². The molecule has 0 bridgehead atoms. The summed E-state index contributed by atoms with van der Waals surface area (Å²) >= 11 is 0. The molecule has 0 aliphatic rings. The summed E-state index contributed by atoms with van der Waals surface area (Å²) in [5, 5.41) is 13.6. The molecule has 0 saturated carbocycles. The van der Waals surface area contributed by atoms with Gasteiger partial charge < -0.3 is 10.4 Å². The number of phenols is 1. The minimum Gasteiger partial charge on any atom is -0.506 e. The maximum atomic E-state index is 10.2. The Balaban J connectivity index is 1.75. The van der Waals surface area contributed by atoms with Gasteiger partial charge in [-0.3, -0.25) is 4.99 Å². The summed E-state index contributed by atoms with van der Waals surface area (Å²) in [5.41, 5.74) is 4.73. The molecule has 24 heavy (non-hydrogen) atoms. The van der Waals surface area contributed by atoms with E-state index in [0.29, 0.717) is 12.2 Å². The first kappa shape index (κ1) is 15.8. The number of nitrogens with one attached hydrogen (secondary N) is 1. The van der Waals surface area contributed by atoms with E-state index < -0.39 is 0 Å².